The van der Waals surface area contributed by atoms with E-state index in [1.807, 2.05) is 0 Å². The molecule has 0 unspecified atom stereocenters. The maximum absolute atomic E-state index is 13.6. The molecule has 1 aromatic rings. The molecule has 1 amide bonds. The molecule has 0 spiro atoms. The average molecular weight is 277 g/mol. The molecule has 1 aromatic carbocycles. The first-order valence-electron chi connectivity index (χ1n) is 7.43. The van der Waals surface area contributed by atoms with Crippen LogP contribution < -0.4 is 5.32 Å². The Morgan fingerprint density at radius 2 is 1.75 bits per heavy atom. The fourth-order valence-electron chi connectivity index (χ4n) is 3.01. The van der Waals surface area contributed by atoms with Gasteiger partial charge in [0.1, 0.15) is 5.82 Å². The molecule has 0 radical (unpaired) electrons. The Morgan fingerprint density at radius 1 is 1.15 bits per heavy atom. The van der Waals surface area contributed by atoms with Crippen molar-refractivity contribution < 1.29 is 9.18 Å². The van der Waals surface area contributed by atoms with Crippen molar-refractivity contribution in [1.82, 2.24) is 5.32 Å². The van der Waals surface area contributed by atoms with E-state index < -0.39 is 5.82 Å². The quantitative estimate of drug-likeness (QED) is 0.864. The van der Waals surface area contributed by atoms with Crippen LogP contribution >= 0.6 is 0 Å². The van der Waals surface area contributed by atoms with Crippen LogP contribution in [0.2, 0.25) is 0 Å². The third-order valence-electron chi connectivity index (χ3n) is 4.41. The highest BCUT2D eigenvalue weighted by Gasteiger charge is 2.30. The largest absolute Gasteiger partial charge is 0.349 e. The van der Waals surface area contributed by atoms with Gasteiger partial charge in [0.15, 0.2) is 0 Å². The standard InChI is InChI=1S/C17H24FNO/c1-17(2,3)12-8-10-13(11-9-12)19-16(20)14-6-4-5-7-15(14)18/h4-7,12-13H,8-11H2,1-3H3,(H,19,20). The van der Waals surface area contributed by atoms with Crippen LogP contribution in [0.5, 0.6) is 0 Å². The van der Waals surface area contributed by atoms with Crippen LogP contribution in [0.15, 0.2) is 24.3 Å². The number of rotatable bonds is 2. The highest BCUT2D eigenvalue weighted by molar-refractivity contribution is 5.94. The van der Waals surface area contributed by atoms with E-state index in [9.17, 15) is 9.18 Å². The van der Waals surface area contributed by atoms with Crippen molar-refractivity contribution >= 4 is 5.91 Å². The fraction of sp³-hybridized carbons (Fsp3) is 0.588. The minimum atomic E-state index is -0.451. The van der Waals surface area contributed by atoms with Crippen LogP contribution in [-0.4, -0.2) is 11.9 Å². The maximum atomic E-state index is 13.6. The predicted octanol–water partition coefficient (Wildman–Crippen LogP) is 4.16. The highest BCUT2D eigenvalue weighted by atomic mass is 19.1. The van der Waals surface area contributed by atoms with Crippen LogP contribution in [0.1, 0.15) is 56.8 Å². The summed E-state index contributed by atoms with van der Waals surface area (Å²) in [6.07, 6.45) is 4.24. The van der Waals surface area contributed by atoms with Gasteiger partial charge in [-0.2, -0.15) is 0 Å². The summed E-state index contributed by atoms with van der Waals surface area (Å²) in [6, 6.07) is 6.33. The summed E-state index contributed by atoms with van der Waals surface area (Å²) < 4.78 is 13.6. The molecule has 0 heterocycles. The van der Waals surface area contributed by atoms with E-state index in [0.717, 1.165) is 25.7 Å². The zero-order valence-electron chi connectivity index (χ0n) is 12.6. The van der Waals surface area contributed by atoms with E-state index in [2.05, 4.69) is 26.1 Å². The molecule has 1 aliphatic carbocycles. The number of nitrogens with one attached hydrogen (secondary N) is 1. The minimum Gasteiger partial charge on any atom is -0.349 e. The number of halogens is 1. The molecular weight excluding hydrogens is 253 g/mol. The zero-order valence-corrected chi connectivity index (χ0v) is 12.6. The topological polar surface area (TPSA) is 29.1 Å². The Labute approximate surface area is 120 Å². The lowest BCUT2D eigenvalue weighted by Crippen LogP contribution is -2.39. The summed E-state index contributed by atoms with van der Waals surface area (Å²) >= 11 is 0. The van der Waals surface area contributed by atoms with Crippen LogP contribution in [-0.2, 0) is 0 Å². The van der Waals surface area contributed by atoms with Crippen molar-refractivity contribution in [1.29, 1.82) is 0 Å². The number of carbonyl (C=O) groups excluding carboxylic acids is 1. The average Bonchev–Trinajstić information content (AvgIpc) is 2.38. The number of hydrogen-bond acceptors (Lipinski definition) is 1. The molecule has 2 rings (SSSR count). The Balaban J connectivity index is 1.90. The molecular formula is C17H24FNO. The molecule has 0 aliphatic heterocycles. The van der Waals surface area contributed by atoms with Crippen molar-refractivity contribution in [3.63, 3.8) is 0 Å². The van der Waals surface area contributed by atoms with Crippen molar-refractivity contribution in [2.75, 3.05) is 0 Å². The van der Waals surface area contributed by atoms with Crippen LogP contribution in [0, 0.1) is 17.2 Å². The minimum absolute atomic E-state index is 0.144. The van der Waals surface area contributed by atoms with Crippen LogP contribution in [0.4, 0.5) is 4.39 Å². The van der Waals surface area contributed by atoms with Gasteiger partial charge in [-0.3, -0.25) is 4.79 Å². The van der Waals surface area contributed by atoms with Crippen molar-refractivity contribution in [3.05, 3.63) is 35.6 Å². The maximum Gasteiger partial charge on any atom is 0.254 e. The van der Waals surface area contributed by atoms with Gasteiger partial charge in [0.25, 0.3) is 5.91 Å². The van der Waals surface area contributed by atoms with E-state index in [-0.39, 0.29) is 17.5 Å². The van der Waals surface area contributed by atoms with E-state index >= 15 is 0 Å². The molecule has 0 bridgehead atoms. The number of carbonyl (C=O) groups is 1. The second kappa shape index (κ2) is 5.94. The molecule has 1 N–H and O–H groups in total. The summed E-state index contributed by atoms with van der Waals surface area (Å²) in [5.74, 6) is -0.0280. The lowest BCUT2D eigenvalue weighted by molar-refractivity contribution is 0.0900. The monoisotopic (exact) mass is 277 g/mol. The lowest BCUT2D eigenvalue weighted by atomic mass is 9.71. The predicted molar refractivity (Wildman–Crippen MR) is 79.1 cm³/mol. The van der Waals surface area contributed by atoms with Crippen molar-refractivity contribution in [3.8, 4) is 0 Å². The Bertz CT molecular complexity index is 470. The molecule has 3 heteroatoms. The molecule has 0 saturated heterocycles. The third kappa shape index (κ3) is 3.59. The van der Waals surface area contributed by atoms with Gasteiger partial charge in [-0.05, 0) is 49.1 Å². The molecule has 0 aromatic heterocycles. The second-order valence-electron chi connectivity index (χ2n) is 6.87. The van der Waals surface area contributed by atoms with E-state index in [1.54, 1.807) is 12.1 Å². The molecule has 1 saturated carbocycles. The van der Waals surface area contributed by atoms with Gasteiger partial charge in [-0.15, -0.1) is 0 Å². The third-order valence-corrected chi connectivity index (χ3v) is 4.41. The van der Waals surface area contributed by atoms with Gasteiger partial charge in [0.2, 0.25) is 0 Å². The van der Waals surface area contributed by atoms with Gasteiger partial charge in [0, 0.05) is 6.04 Å². The fourth-order valence-corrected chi connectivity index (χ4v) is 3.01. The number of amides is 1. The Hall–Kier alpha value is -1.38. The second-order valence-corrected chi connectivity index (χ2v) is 6.87. The highest BCUT2D eigenvalue weighted by Crippen LogP contribution is 2.37. The summed E-state index contributed by atoms with van der Waals surface area (Å²) in [5.41, 5.74) is 0.478. The molecule has 1 aliphatic rings. The Morgan fingerprint density at radius 3 is 2.30 bits per heavy atom. The first-order chi connectivity index (χ1) is 9.38. The molecule has 20 heavy (non-hydrogen) atoms. The smallest absolute Gasteiger partial charge is 0.254 e. The SMILES string of the molecule is CC(C)(C)C1CCC(NC(=O)c2ccccc2F)CC1. The van der Waals surface area contributed by atoms with Gasteiger partial charge in [-0.1, -0.05) is 32.9 Å². The number of benzene rings is 1. The van der Waals surface area contributed by atoms with Gasteiger partial charge < -0.3 is 5.32 Å². The summed E-state index contributed by atoms with van der Waals surface area (Å²) in [4.78, 5) is 12.1. The molecule has 1 fully saturated rings. The molecule has 110 valence electrons. The summed E-state index contributed by atoms with van der Waals surface area (Å²) in [6.45, 7) is 6.82. The van der Waals surface area contributed by atoms with Crippen LogP contribution in [0.3, 0.4) is 0 Å². The van der Waals surface area contributed by atoms with Gasteiger partial charge in [-0.25, -0.2) is 4.39 Å². The molecule has 0 atom stereocenters. The van der Waals surface area contributed by atoms with Gasteiger partial charge in [0.05, 0.1) is 5.56 Å². The zero-order chi connectivity index (χ0) is 14.8. The molecule has 2 nitrogen and oxygen atoms in total. The number of hydrogen-bond donors (Lipinski definition) is 1. The lowest BCUT2D eigenvalue weighted by Gasteiger charge is -2.37. The summed E-state index contributed by atoms with van der Waals surface area (Å²) in [7, 11) is 0. The van der Waals surface area contributed by atoms with E-state index in [1.165, 1.54) is 12.1 Å². The van der Waals surface area contributed by atoms with Crippen molar-refractivity contribution in [2.24, 2.45) is 11.3 Å². The normalized spacial score (nSPS) is 23.4. The van der Waals surface area contributed by atoms with E-state index in [4.69, 9.17) is 0 Å². The first-order valence-corrected chi connectivity index (χ1v) is 7.43. The van der Waals surface area contributed by atoms with E-state index in [0.29, 0.717) is 11.3 Å². The van der Waals surface area contributed by atoms with Crippen molar-refractivity contribution in [2.45, 2.75) is 52.5 Å². The van der Waals surface area contributed by atoms with Crippen LogP contribution in [0.25, 0.3) is 0 Å². The first kappa shape index (κ1) is 15.0. The summed E-state index contributed by atoms with van der Waals surface area (Å²) in [5, 5.41) is 2.97. The Kier molecular flexibility index (Phi) is 4.46. The van der Waals surface area contributed by atoms with Gasteiger partial charge >= 0.3 is 0 Å².